The molecule has 31 heteroatoms. The highest BCUT2D eigenvalue weighted by Crippen LogP contribution is 2.35. The average Bonchev–Trinajstić information content (AvgIpc) is 0.880. The zero-order valence-corrected chi connectivity index (χ0v) is 63.1. The Morgan fingerprint density at radius 1 is 0.518 bits per heavy atom. The standard InChI is InChI=1S/C83H75F3N24O4/c1-48(2)36-89-78-92-39-63-69(105-78)72(96-45-95-63)101-61-31-53(75(111)99-59-21-15-20-57(33-59)82(7,8)44-87)24-26-55(61)42-110-47-98-74(71-65(110)41-94-80(107-71)91-38-51-18-13-10-14-19-51)102-62-32-54(77(113)104-68-35-66(114-108-68)81(4,5)6)25-27-56(62)43-109-46-97-73(70-64(109)40-93-79(106-70)90-37-50-16-11-9-12-17-50)100-60-30-52(23-22-49(60)3)76(112)103-67-34-58(28-29-88-67)83(84,85)86/h9-35,39-41,45-48H,36-38,42-43H2,1-8H3,(H7,88,89,90,91,92,93,94,95,96,99,100,101,102,103,104,105,106,107,108,111,112,113)/p+2. The van der Waals surface area contributed by atoms with Gasteiger partial charge in [-0.25, -0.2) is 54.0 Å². The van der Waals surface area contributed by atoms with Gasteiger partial charge in [0.2, 0.25) is 17.8 Å². The first-order chi connectivity index (χ1) is 54.8. The molecule has 0 bridgehead atoms. The Morgan fingerprint density at radius 3 is 1.61 bits per heavy atom. The predicted molar refractivity (Wildman–Crippen MR) is 427 cm³/mol. The highest BCUT2D eigenvalue weighted by Gasteiger charge is 2.32. The van der Waals surface area contributed by atoms with E-state index in [1.54, 1.807) is 104 Å². The zero-order chi connectivity index (χ0) is 79.8. The molecule has 28 nitrogen and oxygen atoms in total. The van der Waals surface area contributed by atoms with Gasteiger partial charge in [-0.3, -0.25) is 14.4 Å². The second-order valence-electron chi connectivity index (χ2n) is 29.0. The summed E-state index contributed by atoms with van der Waals surface area (Å²) in [6, 6.07) is 47.5. The van der Waals surface area contributed by atoms with Crippen LogP contribution in [-0.2, 0) is 43.2 Å². The Kier molecular flexibility index (Phi) is 21.8. The molecule has 0 aliphatic rings. The van der Waals surface area contributed by atoms with Gasteiger partial charge in [-0.15, -0.1) is 0 Å². The predicted octanol–water partition coefficient (Wildman–Crippen LogP) is 14.9. The van der Waals surface area contributed by atoms with Crippen LogP contribution in [0.2, 0.25) is 0 Å². The van der Waals surface area contributed by atoms with Crippen LogP contribution >= 0.6 is 0 Å². The second-order valence-corrected chi connectivity index (χ2v) is 29.0. The minimum atomic E-state index is -4.66. The topological polar surface area (TPSA) is 359 Å². The molecule has 0 fully saturated rings. The van der Waals surface area contributed by atoms with Gasteiger partial charge in [-0.05, 0) is 120 Å². The van der Waals surface area contributed by atoms with Crippen LogP contribution in [0.15, 0.2) is 206 Å². The second kappa shape index (κ2) is 32.5. The fourth-order valence-corrected chi connectivity index (χ4v) is 12.1. The van der Waals surface area contributed by atoms with Crippen molar-refractivity contribution in [1.29, 1.82) is 5.26 Å². The number of fused-ring (bicyclic) bond motifs is 3. The van der Waals surface area contributed by atoms with Gasteiger partial charge in [0.15, 0.2) is 33.7 Å². The smallest absolute Gasteiger partial charge is 0.359 e. The maximum absolute atomic E-state index is 14.6. The maximum atomic E-state index is 14.6. The molecule has 14 rings (SSSR count). The number of nitrogens with one attached hydrogen (secondary N) is 9. The average molecular weight is 1530 g/mol. The molecule has 0 aliphatic carbocycles. The molecular weight excluding hydrogens is 1450 g/mol. The van der Waals surface area contributed by atoms with Gasteiger partial charge >= 0.3 is 6.18 Å². The Bertz CT molecular complexity index is 6010. The summed E-state index contributed by atoms with van der Waals surface area (Å²) in [6.07, 6.45) is 5.90. The fourth-order valence-electron chi connectivity index (χ4n) is 12.1. The number of hydrogen-bond acceptors (Lipinski definition) is 23. The van der Waals surface area contributed by atoms with E-state index in [1.165, 1.54) is 6.33 Å². The van der Waals surface area contributed by atoms with Crippen LogP contribution in [0.4, 0.5) is 82.9 Å². The Hall–Kier alpha value is -14.6. The number of alkyl halides is 3. The Balaban J connectivity index is 0.858. The summed E-state index contributed by atoms with van der Waals surface area (Å²) >= 11 is 0. The number of aromatic nitrogens is 14. The Labute approximate surface area is 651 Å². The van der Waals surface area contributed by atoms with Crippen molar-refractivity contribution in [2.45, 2.75) is 98.6 Å². The summed E-state index contributed by atoms with van der Waals surface area (Å²) in [4.78, 5) is 95.3. The summed E-state index contributed by atoms with van der Waals surface area (Å²) in [7, 11) is 0. The number of carbonyl (C=O) groups is 3. The molecule has 8 aromatic heterocycles. The lowest BCUT2D eigenvalue weighted by atomic mass is 9.86. The molecule has 8 heterocycles. The SMILES string of the molecule is Cc1ccc(C(=O)Nc2cc(C(F)(F)F)ccn2)cc1Nc1nc[n+](Cc2ccc(C(=O)Nc3cc(C(C)(C)C)on3)cc2Nc2nc[n+](Cc3ccc(C(=O)Nc4cccc(C(C)(C)C#N)c4)cc3Nc3ncnc4cnc(NCC(C)C)nc34)c3cnc(NCc4ccccc4)nc23)c2cnc(NCc3ccccc3)nc12. The summed E-state index contributed by atoms with van der Waals surface area (Å²) in [5.41, 5.74) is 7.37. The van der Waals surface area contributed by atoms with Crippen molar-refractivity contribution in [1.82, 2.24) is 60.0 Å². The molecule has 572 valence electrons. The van der Waals surface area contributed by atoms with E-state index in [2.05, 4.69) is 92.9 Å². The van der Waals surface area contributed by atoms with E-state index in [4.69, 9.17) is 39.4 Å². The third kappa shape index (κ3) is 18.0. The molecule has 0 aliphatic heterocycles. The summed E-state index contributed by atoms with van der Waals surface area (Å²) in [5, 5.41) is 43.1. The van der Waals surface area contributed by atoms with Crippen molar-refractivity contribution in [2.75, 3.05) is 54.4 Å². The van der Waals surface area contributed by atoms with Crippen LogP contribution in [0.25, 0.3) is 33.1 Å². The number of amides is 3. The van der Waals surface area contributed by atoms with Crippen LogP contribution in [0, 0.1) is 24.2 Å². The van der Waals surface area contributed by atoms with Gasteiger partial charge < -0.3 is 52.4 Å². The first kappa shape index (κ1) is 76.2. The fraction of sp³-hybridized carbons (Fsp3) is 0.205. The molecule has 6 aromatic carbocycles. The van der Waals surface area contributed by atoms with E-state index >= 15 is 0 Å². The largest absolute Gasteiger partial charge is 0.416 e. The molecule has 9 N–H and O–H groups in total. The molecule has 0 atom stereocenters. The third-order valence-corrected chi connectivity index (χ3v) is 18.5. The van der Waals surface area contributed by atoms with Crippen molar-refractivity contribution >= 4 is 121 Å². The first-order valence-corrected chi connectivity index (χ1v) is 36.3. The minimum Gasteiger partial charge on any atom is -0.359 e. The molecule has 0 saturated carbocycles. The van der Waals surface area contributed by atoms with E-state index in [9.17, 15) is 32.8 Å². The van der Waals surface area contributed by atoms with Crippen LogP contribution in [0.3, 0.4) is 0 Å². The van der Waals surface area contributed by atoms with E-state index < -0.39 is 40.3 Å². The van der Waals surface area contributed by atoms with E-state index in [0.717, 1.165) is 35.0 Å². The lowest BCUT2D eigenvalue weighted by Gasteiger charge is -2.17. The van der Waals surface area contributed by atoms with Crippen molar-refractivity contribution in [2.24, 2.45) is 5.92 Å². The molecule has 0 unspecified atom stereocenters. The van der Waals surface area contributed by atoms with Gasteiger partial charge in [0.1, 0.15) is 42.0 Å². The first-order valence-electron chi connectivity index (χ1n) is 36.3. The molecular formula is C83H77F3N24O4+2. The number of carbonyl (C=O) groups excluding carboxylic acids is 3. The highest BCUT2D eigenvalue weighted by molar-refractivity contribution is 6.07. The van der Waals surface area contributed by atoms with E-state index in [1.807, 2.05) is 123 Å². The summed E-state index contributed by atoms with van der Waals surface area (Å²) in [6.45, 7) is 17.0. The number of pyridine rings is 1. The van der Waals surface area contributed by atoms with E-state index in [0.29, 0.717) is 116 Å². The van der Waals surface area contributed by atoms with Crippen LogP contribution in [0.1, 0.15) is 124 Å². The lowest BCUT2D eigenvalue weighted by molar-refractivity contribution is -0.665. The molecule has 0 saturated heterocycles. The Morgan fingerprint density at radius 2 is 1.04 bits per heavy atom. The minimum absolute atomic E-state index is 0.0628. The van der Waals surface area contributed by atoms with Crippen molar-refractivity contribution in [3.05, 3.63) is 263 Å². The number of halogens is 3. The lowest BCUT2D eigenvalue weighted by Crippen LogP contribution is -2.37. The summed E-state index contributed by atoms with van der Waals surface area (Å²) < 4.78 is 50.5. The highest BCUT2D eigenvalue weighted by atomic mass is 19.4. The van der Waals surface area contributed by atoms with Crippen molar-refractivity contribution in [3.63, 3.8) is 0 Å². The number of nitrogens with zero attached hydrogens (tertiary/aromatic N) is 15. The normalized spacial score (nSPS) is 11.6. The van der Waals surface area contributed by atoms with Gasteiger partial charge in [0, 0.05) is 87.9 Å². The molecule has 114 heavy (non-hydrogen) atoms. The van der Waals surface area contributed by atoms with Crippen LogP contribution < -0.4 is 57.0 Å². The number of hydrogen-bond donors (Lipinski definition) is 9. The van der Waals surface area contributed by atoms with Gasteiger partial charge in [0.25, 0.3) is 42.0 Å². The number of anilines is 12. The molecule has 14 aromatic rings. The van der Waals surface area contributed by atoms with Gasteiger partial charge in [-0.1, -0.05) is 131 Å². The quantitative estimate of drug-likeness (QED) is 0.0227. The van der Waals surface area contributed by atoms with Gasteiger partial charge in [-0.2, -0.15) is 18.4 Å². The monoisotopic (exact) mass is 1530 g/mol. The zero-order valence-electron chi connectivity index (χ0n) is 63.1. The molecule has 0 spiro atoms. The molecule has 0 radical (unpaired) electrons. The summed E-state index contributed by atoms with van der Waals surface area (Å²) in [5.74, 6) is 0.866. The number of aryl methyl sites for hydroxylation is 1. The third-order valence-electron chi connectivity index (χ3n) is 18.5. The molecule has 3 amide bonds. The number of benzene rings is 6. The van der Waals surface area contributed by atoms with Crippen molar-refractivity contribution in [3.8, 4) is 6.07 Å². The van der Waals surface area contributed by atoms with Crippen molar-refractivity contribution < 1.29 is 41.2 Å². The van der Waals surface area contributed by atoms with E-state index in [-0.39, 0.29) is 64.9 Å². The maximum Gasteiger partial charge on any atom is 0.416 e. The number of nitriles is 1. The van der Waals surface area contributed by atoms with Gasteiger partial charge in [0.05, 0.1) is 35.6 Å². The van der Waals surface area contributed by atoms with Crippen LogP contribution in [0.5, 0.6) is 0 Å². The van der Waals surface area contributed by atoms with Crippen LogP contribution in [-0.4, -0.2) is 84.2 Å². The number of rotatable bonds is 26.